The van der Waals surface area contributed by atoms with Crippen molar-refractivity contribution < 1.29 is 9.47 Å². The molecule has 0 aliphatic rings. The molecule has 3 aromatic carbocycles. The summed E-state index contributed by atoms with van der Waals surface area (Å²) >= 11 is 0. The Morgan fingerprint density at radius 3 is 0.868 bits per heavy atom. The van der Waals surface area contributed by atoms with Gasteiger partial charge in [-0.25, -0.2) is 0 Å². The summed E-state index contributed by atoms with van der Waals surface area (Å²) in [4.78, 5) is 0. The molecule has 0 spiro atoms. The maximum Gasteiger partial charge on any atom is 0.119 e. The highest BCUT2D eigenvalue weighted by molar-refractivity contribution is 5.45. The van der Waals surface area contributed by atoms with Crippen LogP contribution in [0, 0.1) is 0 Å². The Bertz CT molecular complexity index is 1120. The molecule has 2 heteroatoms. The van der Waals surface area contributed by atoms with E-state index in [2.05, 4.69) is 92.7 Å². The van der Waals surface area contributed by atoms with E-state index in [1.807, 2.05) is 0 Å². The van der Waals surface area contributed by atoms with E-state index < -0.39 is 0 Å². The van der Waals surface area contributed by atoms with Gasteiger partial charge in [0.1, 0.15) is 11.5 Å². The SMILES string of the molecule is CCCCCCCCCCCCCCCCOc1ccc(C(c2ccccc2)c2ccc(OCCCCCCCCCCCCCCCC)cc2)cc1. The fraction of sp³-hybridized carbons (Fsp3) is 0.647. The van der Waals surface area contributed by atoms with E-state index in [1.165, 1.54) is 184 Å². The van der Waals surface area contributed by atoms with Crippen LogP contribution in [0.1, 0.15) is 216 Å². The fourth-order valence-electron chi connectivity index (χ4n) is 7.71. The van der Waals surface area contributed by atoms with Crippen LogP contribution in [0.15, 0.2) is 78.9 Å². The Hall–Kier alpha value is -2.74. The maximum atomic E-state index is 6.16. The van der Waals surface area contributed by atoms with Crippen molar-refractivity contribution in [3.63, 3.8) is 0 Å². The number of hydrogen-bond donors (Lipinski definition) is 0. The first-order valence-corrected chi connectivity index (χ1v) is 22.8. The highest BCUT2D eigenvalue weighted by atomic mass is 16.5. The van der Waals surface area contributed by atoms with Crippen LogP contribution in [0.25, 0.3) is 0 Å². The number of ether oxygens (including phenoxy) is 2. The molecule has 0 aromatic heterocycles. The molecule has 0 unspecified atom stereocenters. The average Bonchev–Trinajstić information content (AvgIpc) is 3.19. The Labute approximate surface area is 328 Å². The highest BCUT2D eigenvalue weighted by Crippen LogP contribution is 2.34. The number of hydrogen-bond acceptors (Lipinski definition) is 2. The van der Waals surface area contributed by atoms with E-state index in [0.29, 0.717) is 0 Å². The molecule has 53 heavy (non-hydrogen) atoms. The largest absolute Gasteiger partial charge is 0.494 e. The number of unbranched alkanes of at least 4 members (excludes halogenated alkanes) is 26. The quantitative estimate of drug-likeness (QED) is 0.0444. The second-order valence-corrected chi connectivity index (χ2v) is 15.9. The topological polar surface area (TPSA) is 18.5 Å². The molecule has 0 radical (unpaired) electrons. The molecule has 0 fully saturated rings. The lowest BCUT2D eigenvalue weighted by atomic mass is 9.85. The molecule has 0 heterocycles. The van der Waals surface area contributed by atoms with Crippen molar-refractivity contribution in [2.24, 2.45) is 0 Å². The lowest BCUT2D eigenvalue weighted by Crippen LogP contribution is -2.04. The molecule has 0 bridgehead atoms. The molecule has 2 nitrogen and oxygen atoms in total. The first-order chi connectivity index (χ1) is 26.3. The van der Waals surface area contributed by atoms with Gasteiger partial charge in [-0.15, -0.1) is 0 Å². The summed E-state index contributed by atoms with van der Waals surface area (Å²) in [6.07, 6.45) is 38.6. The molecule has 0 aliphatic heterocycles. The second-order valence-electron chi connectivity index (χ2n) is 15.9. The van der Waals surface area contributed by atoms with Crippen molar-refractivity contribution >= 4 is 0 Å². The molecular formula is C51H80O2. The number of benzene rings is 3. The molecular weight excluding hydrogens is 645 g/mol. The summed E-state index contributed by atoms with van der Waals surface area (Å²) in [5.41, 5.74) is 3.88. The van der Waals surface area contributed by atoms with Gasteiger partial charge in [0.25, 0.3) is 0 Å². The van der Waals surface area contributed by atoms with Gasteiger partial charge in [-0.2, -0.15) is 0 Å². The van der Waals surface area contributed by atoms with Crippen molar-refractivity contribution in [1.29, 1.82) is 0 Å². The monoisotopic (exact) mass is 725 g/mol. The minimum absolute atomic E-state index is 0.177. The van der Waals surface area contributed by atoms with E-state index >= 15 is 0 Å². The van der Waals surface area contributed by atoms with Gasteiger partial charge < -0.3 is 9.47 Å². The third kappa shape index (κ3) is 21.7. The van der Waals surface area contributed by atoms with Crippen LogP contribution in [-0.2, 0) is 0 Å². The lowest BCUT2D eigenvalue weighted by molar-refractivity contribution is 0.304. The zero-order valence-electron chi connectivity index (χ0n) is 34.6. The standard InChI is InChI=1S/C51H80O2/c1-3-5-7-9-11-13-15-17-19-21-23-25-27-32-44-52-49-40-36-47(37-41-49)51(46-34-30-29-31-35-46)48-38-42-50(43-39-48)53-45-33-28-26-24-22-20-18-16-14-12-10-8-6-4-2/h29-31,34-43,51H,3-28,32-33,44-45H2,1-2H3. The van der Waals surface area contributed by atoms with Gasteiger partial charge in [0.2, 0.25) is 0 Å². The van der Waals surface area contributed by atoms with Crippen molar-refractivity contribution in [3.05, 3.63) is 95.6 Å². The first kappa shape index (κ1) is 44.7. The van der Waals surface area contributed by atoms with E-state index in [-0.39, 0.29) is 5.92 Å². The highest BCUT2D eigenvalue weighted by Gasteiger charge is 2.17. The fourth-order valence-corrected chi connectivity index (χ4v) is 7.71. The van der Waals surface area contributed by atoms with Crippen LogP contribution < -0.4 is 9.47 Å². The van der Waals surface area contributed by atoms with Gasteiger partial charge in [0.15, 0.2) is 0 Å². The minimum atomic E-state index is 0.177. The molecule has 0 saturated heterocycles. The third-order valence-electron chi connectivity index (χ3n) is 11.1. The van der Waals surface area contributed by atoms with Crippen molar-refractivity contribution in [1.82, 2.24) is 0 Å². The Kier molecular flexibility index (Phi) is 26.6. The van der Waals surface area contributed by atoms with Crippen LogP contribution in [0.4, 0.5) is 0 Å². The van der Waals surface area contributed by atoms with Gasteiger partial charge >= 0.3 is 0 Å². The van der Waals surface area contributed by atoms with Crippen LogP contribution in [-0.4, -0.2) is 13.2 Å². The normalized spacial score (nSPS) is 11.4. The molecule has 0 N–H and O–H groups in total. The van der Waals surface area contributed by atoms with Gasteiger partial charge in [0, 0.05) is 5.92 Å². The van der Waals surface area contributed by atoms with Gasteiger partial charge in [-0.05, 0) is 53.8 Å². The molecule has 296 valence electrons. The average molecular weight is 725 g/mol. The predicted octanol–water partition coefficient (Wildman–Crippen LogP) is 16.6. The van der Waals surface area contributed by atoms with Crippen molar-refractivity contribution in [3.8, 4) is 11.5 Å². The van der Waals surface area contributed by atoms with E-state index in [9.17, 15) is 0 Å². The second kappa shape index (κ2) is 31.6. The van der Waals surface area contributed by atoms with Crippen molar-refractivity contribution in [2.75, 3.05) is 13.2 Å². The van der Waals surface area contributed by atoms with Crippen molar-refractivity contribution in [2.45, 2.75) is 200 Å². The first-order valence-electron chi connectivity index (χ1n) is 22.8. The molecule has 3 aromatic rings. The van der Waals surface area contributed by atoms with Gasteiger partial charge in [0.05, 0.1) is 13.2 Å². The molecule has 0 amide bonds. The third-order valence-corrected chi connectivity index (χ3v) is 11.1. The van der Waals surface area contributed by atoms with Crippen LogP contribution in [0.5, 0.6) is 11.5 Å². The van der Waals surface area contributed by atoms with Gasteiger partial charge in [-0.1, -0.05) is 235 Å². The summed E-state index contributed by atoms with van der Waals surface area (Å²) in [6.45, 7) is 6.20. The molecule has 0 atom stereocenters. The van der Waals surface area contributed by atoms with Gasteiger partial charge in [-0.3, -0.25) is 0 Å². The van der Waals surface area contributed by atoms with Crippen LogP contribution in [0.2, 0.25) is 0 Å². The zero-order chi connectivity index (χ0) is 37.3. The van der Waals surface area contributed by atoms with Crippen LogP contribution >= 0.6 is 0 Å². The molecule has 3 rings (SSSR count). The molecule has 0 saturated carbocycles. The smallest absolute Gasteiger partial charge is 0.119 e. The summed E-state index contributed by atoms with van der Waals surface area (Å²) in [7, 11) is 0. The van der Waals surface area contributed by atoms with Crippen LogP contribution in [0.3, 0.4) is 0 Å². The Morgan fingerprint density at radius 2 is 0.566 bits per heavy atom. The van der Waals surface area contributed by atoms with E-state index in [4.69, 9.17) is 9.47 Å². The minimum Gasteiger partial charge on any atom is -0.494 e. The Morgan fingerprint density at radius 1 is 0.302 bits per heavy atom. The lowest BCUT2D eigenvalue weighted by Gasteiger charge is -2.20. The van der Waals surface area contributed by atoms with E-state index in [1.54, 1.807) is 0 Å². The maximum absolute atomic E-state index is 6.16. The molecule has 0 aliphatic carbocycles. The summed E-state index contributed by atoms with van der Waals surface area (Å²) in [5, 5.41) is 0. The Balaban J connectivity index is 1.28. The predicted molar refractivity (Wildman–Crippen MR) is 232 cm³/mol. The summed E-state index contributed by atoms with van der Waals surface area (Å²) < 4.78 is 12.3. The number of rotatable bonds is 35. The van der Waals surface area contributed by atoms with E-state index in [0.717, 1.165) is 37.6 Å². The summed E-state index contributed by atoms with van der Waals surface area (Å²) in [6, 6.07) is 28.5. The summed E-state index contributed by atoms with van der Waals surface area (Å²) in [5.74, 6) is 2.13. The zero-order valence-corrected chi connectivity index (χ0v) is 34.6.